The quantitative estimate of drug-likeness (QED) is 0.320. The lowest BCUT2D eigenvalue weighted by molar-refractivity contribution is -0.134. The fourth-order valence-electron chi connectivity index (χ4n) is 1.94. The summed E-state index contributed by atoms with van der Waals surface area (Å²) in [5.74, 6) is -1.23. The lowest BCUT2D eigenvalue weighted by Crippen LogP contribution is -2.25. The van der Waals surface area contributed by atoms with Crippen molar-refractivity contribution in [2.75, 3.05) is 13.2 Å². The van der Waals surface area contributed by atoms with Gasteiger partial charge in [-0.25, -0.2) is 4.79 Å². The third-order valence-electron chi connectivity index (χ3n) is 3.20. The number of rotatable bonds is 6. The Kier molecular flexibility index (Phi) is 5.65. The molecule has 0 saturated carbocycles. The Balaban J connectivity index is 2.26. The van der Waals surface area contributed by atoms with Gasteiger partial charge in [0.2, 0.25) is 0 Å². The molecule has 1 aromatic carbocycles. The summed E-state index contributed by atoms with van der Waals surface area (Å²) in [5, 5.41) is 0. The second kappa shape index (κ2) is 7.40. The molecular weight excluding hydrogens is 377 g/mol. The zero-order chi connectivity index (χ0) is 19.5. The van der Waals surface area contributed by atoms with E-state index in [1.54, 1.807) is 0 Å². The van der Waals surface area contributed by atoms with Crippen LogP contribution in [0.5, 0.6) is 5.75 Å². The van der Waals surface area contributed by atoms with Crippen molar-refractivity contribution in [3.05, 3.63) is 47.2 Å². The van der Waals surface area contributed by atoms with Crippen LogP contribution in [0.4, 0.5) is 13.2 Å². The number of halogens is 3. The predicted octanol–water partition coefficient (Wildman–Crippen LogP) is 3.17. The molecule has 6 nitrogen and oxygen atoms in total. The van der Waals surface area contributed by atoms with E-state index < -0.39 is 34.0 Å². The number of ether oxygens (including phenoxy) is 2. The van der Waals surface area contributed by atoms with Crippen LogP contribution >= 0.6 is 0 Å². The SMILES string of the molecule is CC(C)=CCOc1ccc(C2=C(OS(=O)(=O)C(F)(F)F)COC2=O)cc1. The van der Waals surface area contributed by atoms with Gasteiger partial charge in [0, 0.05) is 0 Å². The molecule has 26 heavy (non-hydrogen) atoms. The highest BCUT2D eigenvalue weighted by Crippen LogP contribution is 2.33. The topological polar surface area (TPSA) is 78.9 Å². The van der Waals surface area contributed by atoms with Crippen LogP contribution < -0.4 is 4.74 Å². The molecule has 0 aromatic heterocycles. The third-order valence-corrected chi connectivity index (χ3v) is 4.18. The minimum absolute atomic E-state index is 0.148. The number of benzene rings is 1. The Bertz CT molecular complexity index is 847. The van der Waals surface area contributed by atoms with Gasteiger partial charge in [-0.15, -0.1) is 0 Å². The van der Waals surface area contributed by atoms with E-state index in [0.29, 0.717) is 12.4 Å². The lowest BCUT2D eigenvalue weighted by atomic mass is 10.1. The summed E-state index contributed by atoms with van der Waals surface area (Å²) in [4.78, 5) is 11.8. The van der Waals surface area contributed by atoms with Gasteiger partial charge in [0.05, 0.1) is 0 Å². The molecule has 1 aromatic rings. The highest BCUT2D eigenvalue weighted by molar-refractivity contribution is 7.87. The number of allylic oxidation sites excluding steroid dienone is 1. The summed E-state index contributed by atoms with van der Waals surface area (Å²) in [6.07, 6.45) is 1.85. The first kappa shape index (κ1) is 19.8. The summed E-state index contributed by atoms with van der Waals surface area (Å²) >= 11 is 0. The van der Waals surface area contributed by atoms with E-state index >= 15 is 0 Å². The summed E-state index contributed by atoms with van der Waals surface area (Å²) in [6.45, 7) is 3.43. The zero-order valence-corrected chi connectivity index (χ0v) is 14.6. The number of esters is 1. The van der Waals surface area contributed by atoms with Crippen molar-refractivity contribution in [3.8, 4) is 5.75 Å². The first-order valence-electron chi connectivity index (χ1n) is 7.29. The van der Waals surface area contributed by atoms with Gasteiger partial charge in [0.15, 0.2) is 12.4 Å². The second-order valence-corrected chi connectivity index (χ2v) is 7.01. The van der Waals surface area contributed by atoms with Crippen molar-refractivity contribution >= 4 is 21.7 Å². The van der Waals surface area contributed by atoms with Crippen molar-refractivity contribution in [1.29, 1.82) is 0 Å². The maximum absolute atomic E-state index is 12.5. The summed E-state index contributed by atoms with van der Waals surface area (Å²) < 4.78 is 73.8. The monoisotopic (exact) mass is 392 g/mol. The number of hydrogen-bond donors (Lipinski definition) is 0. The van der Waals surface area contributed by atoms with E-state index in [4.69, 9.17) is 4.74 Å². The standard InChI is InChI=1S/C16H15F3O6S/c1-10(2)7-8-23-12-5-3-11(4-6-12)14-13(9-24-15(14)20)25-26(21,22)16(17,18)19/h3-7H,8-9H2,1-2H3. The van der Waals surface area contributed by atoms with E-state index in [1.165, 1.54) is 24.3 Å². The molecule has 142 valence electrons. The minimum Gasteiger partial charge on any atom is -0.490 e. The molecule has 2 rings (SSSR count). The van der Waals surface area contributed by atoms with Crippen LogP contribution in [0.3, 0.4) is 0 Å². The molecule has 0 spiro atoms. The van der Waals surface area contributed by atoms with Crippen LogP contribution in [0.15, 0.2) is 41.7 Å². The van der Waals surface area contributed by atoms with Crippen LogP contribution in [0.1, 0.15) is 19.4 Å². The van der Waals surface area contributed by atoms with E-state index in [0.717, 1.165) is 5.57 Å². The van der Waals surface area contributed by atoms with E-state index in [1.807, 2.05) is 19.9 Å². The van der Waals surface area contributed by atoms with E-state index in [-0.39, 0.29) is 11.1 Å². The molecule has 10 heteroatoms. The minimum atomic E-state index is -5.90. The molecule has 1 heterocycles. The van der Waals surface area contributed by atoms with Crippen molar-refractivity contribution in [2.45, 2.75) is 19.4 Å². The zero-order valence-electron chi connectivity index (χ0n) is 13.8. The number of hydrogen-bond acceptors (Lipinski definition) is 6. The van der Waals surface area contributed by atoms with Crippen LogP contribution in [0.2, 0.25) is 0 Å². The first-order valence-corrected chi connectivity index (χ1v) is 8.70. The molecule has 0 bridgehead atoms. The number of cyclic esters (lactones) is 1. The van der Waals surface area contributed by atoms with E-state index in [9.17, 15) is 26.4 Å². The fourth-order valence-corrected chi connectivity index (χ4v) is 2.43. The Morgan fingerprint density at radius 2 is 1.85 bits per heavy atom. The highest BCUT2D eigenvalue weighted by Gasteiger charge is 2.50. The van der Waals surface area contributed by atoms with E-state index in [2.05, 4.69) is 8.92 Å². The van der Waals surface area contributed by atoms with Crippen LogP contribution in [0.25, 0.3) is 5.57 Å². The second-order valence-electron chi connectivity index (χ2n) is 5.47. The molecule has 1 aliphatic rings. The Morgan fingerprint density at radius 3 is 2.38 bits per heavy atom. The Hall–Kier alpha value is -2.49. The van der Waals surface area contributed by atoms with Gasteiger partial charge >= 0.3 is 21.6 Å². The number of carbonyl (C=O) groups excluding carboxylic acids is 1. The summed E-state index contributed by atoms with van der Waals surface area (Å²) in [7, 11) is -5.90. The molecule has 0 fully saturated rings. The molecule has 0 N–H and O–H groups in total. The molecule has 0 aliphatic carbocycles. The molecule has 0 saturated heterocycles. The van der Waals surface area contributed by atoms with Gasteiger partial charge in [0.25, 0.3) is 0 Å². The van der Waals surface area contributed by atoms with Crippen molar-refractivity contribution in [3.63, 3.8) is 0 Å². The molecular formula is C16H15F3O6S. The molecule has 0 amide bonds. The maximum atomic E-state index is 12.5. The summed E-state index contributed by atoms with van der Waals surface area (Å²) in [5.41, 5.74) is -4.78. The van der Waals surface area contributed by atoms with Crippen LogP contribution in [-0.2, 0) is 23.8 Å². The molecule has 0 radical (unpaired) electrons. The molecule has 1 aliphatic heterocycles. The third kappa shape index (κ3) is 4.57. The first-order chi connectivity index (χ1) is 12.0. The Labute approximate surface area is 148 Å². The van der Waals surface area contributed by atoms with Gasteiger partial charge in [-0.1, -0.05) is 17.7 Å². The number of alkyl halides is 3. The van der Waals surface area contributed by atoms with Crippen molar-refractivity contribution < 1.29 is 40.0 Å². The van der Waals surface area contributed by atoms with Crippen molar-refractivity contribution in [2.24, 2.45) is 0 Å². The average molecular weight is 392 g/mol. The molecule has 0 atom stereocenters. The van der Waals surface area contributed by atoms with Gasteiger partial charge in [0.1, 0.15) is 17.9 Å². The number of carbonyl (C=O) groups is 1. The maximum Gasteiger partial charge on any atom is 0.534 e. The van der Waals surface area contributed by atoms with Gasteiger partial charge in [-0.05, 0) is 37.6 Å². The highest BCUT2D eigenvalue weighted by atomic mass is 32.2. The summed E-state index contributed by atoms with van der Waals surface area (Å²) in [6, 6.07) is 5.76. The average Bonchev–Trinajstić information content (AvgIpc) is 2.86. The Morgan fingerprint density at radius 1 is 1.23 bits per heavy atom. The predicted molar refractivity (Wildman–Crippen MR) is 85.3 cm³/mol. The lowest BCUT2D eigenvalue weighted by Gasteiger charge is -2.10. The largest absolute Gasteiger partial charge is 0.534 e. The van der Waals surface area contributed by atoms with Crippen LogP contribution in [-0.4, -0.2) is 33.1 Å². The van der Waals surface area contributed by atoms with Gasteiger partial charge in [-0.2, -0.15) is 21.6 Å². The van der Waals surface area contributed by atoms with Crippen molar-refractivity contribution in [1.82, 2.24) is 0 Å². The van der Waals surface area contributed by atoms with Gasteiger partial charge < -0.3 is 13.7 Å². The van der Waals surface area contributed by atoms with Crippen LogP contribution in [0, 0.1) is 0 Å². The van der Waals surface area contributed by atoms with Gasteiger partial charge in [-0.3, -0.25) is 0 Å². The normalized spacial score (nSPS) is 14.9. The fraction of sp³-hybridized carbons (Fsp3) is 0.312. The molecule has 0 unspecified atom stereocenters. The smallest absolute Gasteiger partial charge is 0.490 e.